The zero-order valence-electron chi connectivity index (χ0n) is 8.98. The van der Waals surface area contributed by atoms with Gasteiger partial charge in [0, 0.05) is 5.02 Å². The molecule has 2 aromatic rings. The Morgan fingerprint density at radius 3 is 2.44 bits per heavy atom. The lowest BCUT2D eigenvalue weighted by Crippen LogP contribution is -2.47. The van der Waals surface area contributed by atoms with Crippen molar-refractivity contribution in [2.75, 3.05) is 0 Å². The second-order valence-electron chi connectivity index (χ2n) is 3.95. The third-order valence-electron chi connectivity index (χ3n) is 2.44. The smallest absolute Gasteiger partial charge is 0.415 e. The van der Waals surface area contributed by atoms with Crippen molar-refractivity contribution in [3.05, 3.63) is 28.1 Å². The van der Waals surface area contributed by atoms with Gasteiger partial charge in [-0.1, -0.05) is 23.2 Å². The molecule has 0 bridgehead atoms. The summed E-state index contributed by atoms with van der Waals surface area (Å²) in [6, 6.07) is 2.70. The van der Waals surface area contributed by atoms with Crippen molar-refractivity contribution in [2.24, 2.45) is 5.73 Å². The largest absolute Gasteiger partial charge is 0.437 e. The number of halogens is 5. The van der Waals surface area contributed by atoms with Gasteiger partial charge in [-0.25, -0.2) is 4.98 Å². The SMILES string of the molecule is CC(N)(c1nc2cc(Cl)cc(Cl)c2o1)C(F)(F)F. The number of benzene rings is 1. The molecular weight excluding hydrogens is 292 g/mol. The monoisotopic (exact) mass is 298 g/mol. The Kier molecular flexibility index (Phi) is 3.00. The molecule has 8 heteroatoms. The number of oxazole rings is 1. The van der Waals surface area contributed by atoms with Crippen molar-refractivity contribution in [1.82, 2.24) is 4.98 Å². The van der Waals surface area contributed by atoms with E-state index in [1.165, 1.54) is 12.1 Å². The molecule has 0 fully saturated rings. The van der Waals surface area contributed by atoms with Crippen molar-refractivity contribution in [3.8, 4) is 0 Å². The standard InChI is InChI=1S/C10H7Cl2F3N2O/c1-9(16,10(13,14)15)8-17-6-3-4(11)2-5(12)7(6)18-8/h2-3H,16H2,1H3. The highest BCUT2D eigenvalue weighted by molar-refractivity contribution is 6.37. The lowest BCUT2D eigenvalue weighted by atomic mass is 10.0. The van der Waals surface area contributed by atoms with E-state index < -0.39 is 17.6 Å². The van der Waals surface area contributed by atoms with Crippen LogP contribution in [0.15, 0.2) is 16.5 Å². The van der Waals surface area contributed by atoms with Crippen LogP contribution in [0.5, 0.6) is 0 Å². The van der Waals surface area contributed by atoms with Gasteiger partial charge in [-0.15, -0.1) is 0 Å². The Hall–Kier alpha value is -0.980. The first kappa shape index (κ1) is 13.5. The first-order valence-corrected chi connectivity index (χ1v) is 5.50. The molecule has 0 amide bonds. The van der Waals surface area contributed by atoms with Crippen LogP contribution < -0.4 is 5.73 Å². The van der Waals surface area contributed by atoms with Gasteiger partial charge >= 0.3 is 6.18 Å². The lowest BCUT2D eigenvalue weighted by Gasteiger charge is -2.23. The van der Waals surface area contributed by atoms with Crippen molar-refractivity contribution < 1.29 is 17.6 Å². The van der Waals surface area contributed by atoms with Gasteiger partial charge in [-0.3, -0.25) is 0 Å². The Morgan fingerprint density at radius 1 is 1.28 bits per heavy atom. The average Bonchev–Trinajstić information content (AvgIpc) is 2.59. The number of fused-ring (bicyclic) bond motifs is 1. The molecule has 2 rings (SSSR count). The number of hydrogen-bond acceptors (Lipinski definition) is 3. The van der Waals surface area contributed by atoms with E-state index in [0.29, 0.717) is 0 Å². The van der Waals surface area contributed by atoms with Crippen molar-refractivity contribution in [3.63, 3.8) is 0 Å². The summed E-state index contributed by atoms with van der Waals surface area (Å²) in [5, 5.41) is 0.326. The predicted octanol–water partition coefficient (Wildman–Crippen LogP) is 3.87. The molecule has 1 atom stereocenters. The zero-order chi connectivity index (χ0) is 13.7. The van der Waals surface area contributed by atoms with E-state index in [9.17, 15) is 13.2 Å². The molecule has 0 aliphatic rings. The van der Waals surface area contributed by atoms with E-state index in [2.05, 4.69) is 4.98 Å². The third-order valence-corrected chi connectivity index (χ3v) is 2.94. The average molecular weight is 299 g/mol. The van der Waals surface area contributed by atoms with Gasteiger partial charge in [0.1, 0.15) is 5.52 Å². The van der Waals surface area contributed by atoms with Gasteiger partial charge in [0.2, 0.25) is 5.89 Å². The summed E-state index contributed by atoms with van der Waals surface area (Å²) in [5.74, 6) is -0.658. The first-order valence-electron chi connectivity index (χ1n) is 4.74. The normalized spacial score (nSPS) is 15.9. The Bertz CT molecular complexity index is 607. The van der Waals surface area contributed by atoms with Crippen molar-refractivity contribution >= 4 is 34.3 Å². The Morgan fingerprint density at radius 2 is 1.89 bits per heavy atom. The second kappa shape index (κ2) is 4.01. The molecule has 0 saturated heterocycles. The summed E-state index contributed by atoms with van der Waals surface area (Å²) >= 11 is 11.5. The van der Waals surface area contributed by atoms with Gasteiger partial charge < -0.3 is 10.2 Å². The van der Waals surface area contributed by atoms with Crippen LogP contribution in [-0.2, 0) is 5.54 Å². The fraction of sp³-hybridized carbons (Fsp3) is 0.300. The maximum absolute atomic E-state index is 12.7. The van der Waals surface area contributed by atoms with Gasteiger partial charge in [-0.05, 0) is 19.1 Å². The van der Waals surface area contributed by atoms with E-state index in [4.69, 9.17) is 33.4 Å². The van der Waals surface area contributed by atoms with Gasteiger partial charge in [0.15, 0.2) is 11.1 Å². The number of nitrogens with two attached hydrogens (primary N) is 1. The number of rotatable bonds is 1. The third kappa shape index (κ3) is 2.04. The molecule has 1 aromatic heterocycles. The molecule has 0 aliphatic heterocycles. The van der Waals surface area contributed by atoms with Crippen LogP contribution in [0.4, 0.5) is 13.2 Å². The predicted molar refractivity (Wildman–Crippen MR) is 61.6 cm³/mol. The molecule has 1 heterocycles. The Balaban J connectivity index is 2.65. The molecule has 2 N–H and O–H groups in total. The van der Waals surface area contributed by atoms with Crippen LogP contribution >= 0.6 is 23.2 Å². The first-order chi connectivity index (χ1) is 8.13. The van der Waals surface area contributed by atoms with E-state index in [1.807, 2.05) is 0 Å². The topological polar surface area (TPSA) is 52.0 Å². The summed E-state index contributed by atoms with van der Waals surface area (Å²) < 4.78 is 43.2. The minimum absolute atomic E-state index is 0.0250. The fourth-order valence-corrected chi connectivity index (χ4v) is 1.82. The van der Waals surface area contributed by atoms with Crippen LogP contribution in [0.3, 0.4) is 0 Å². The van der Waals surface area contributed by atoms with Crippen LogP contribution in [0.2, 0.25) is 10.0 Å². The Labute approximate surface area is 110 Å². The quantitative estimate of drug-likeness (QED) is 0.869. The number of hydrogen-bond donors (Lipinski definition) is 1. The molecule has 1 unspecified atom stereocenters. The minimum Gasteiger partial charge on any atom is -0.437 e. The zero-order valence-corrected chi connectivity index (χ0v) is 10.5. The molecule has 3 nitrogen and oxygen atoms in total. The number of alkyl halides is 3. The molecule has 0 saturated carbocycles. The van der Waals surface area contributed by atoms with Crippen molar-refractivity contribution in [2.45, 2.75) is 18.6 Å². The minimum atomic E-state index is -4.69. The van der Waals surface area contributed by atoms with Crippen LogP contribution in [0.1, 0.15) is 12.8 Å². The number of nitrogens with zero attached hydrogens (tertiary/aromatic N) is 1. The van der Waals surface area contributed by atoms with Gasteiger partial charge in [0.25, 0.3) is 0 Å². The van der Waals surface area contributed by atoms with E-state index in [0.717, 1.165) is 6.92 Å². The number of aromatic nitrogens is 1. The molecular formula is C10H7Cl2F3N2O. The second-order valence-corrected chi connectivity index (χ2v) is 4.80. The molecule has 0 aliphatic carbocycles. The highest BCUT2D eigenvalue weighted by atomic mass is 35.5. The van der Waals surface area contributed by atoms with Gasteiger partial charge in [0.05, 0.1) is 5.02 Å². The molecule has 0 spiro atoms. The van der Waals surface area contributed by atoms with Gasteiger partial charge in [-0.2, -0.15) is 13.2 Å². The lowest BCUT2D eigenvalue weighted by molar-refractivity contribution is -0.189. The van der Waals surface area contributed by atoms with Crippen LogP contribution in [-0.4, -0.2) is 11.2 Å². The maximum Gasteiger partial charge on any atom is 0.415 e. The summed E-state index contributed by atoms with van der Waals surface area (Å²) in [6.45, 7) is 0.771. The molecule has 18 heavy (non-hydrogen) atoms. The molecule has 0 radical (unpaired) electrons. The highest BCUT2D eigenvalue weighted by Gasteiger charge is 2.53. The summed E-state index contributed by atoms with van der Waals surface area (Å²) in [5.41, 5.74) is 2.67. The summed E-state index contributed by atoms with van der Waals surface area (Å²) in [4.78, 5) is 3.69. The van der Waals surface area contributed by atoms with E-state index in [-0.39, 0.29) is 21.1 Å². The van der Waals surface area contributed by atoms with Crippen LogP contribution in [0.25, 0.3) is 11.1 Å². The highest BCUT2D eigenvalue weighted by Crippen LogP contribution is 2.38. The molecule has 1 aromatic carbocycles. The maximum atomic E-state index is 12.7. The summed E-state index contributed by atoms with van der Waals surface area (Å²) in [6.07, 6.45) is -4.69. The van der Waals surface area contributed by atoms with Crippen LogP contribution in [0, 0.1) is 0 Å². The molecule has 98 valence electrons. The van der Waals surface area contributed by atoms with Crippen molar-refractivity contribution in [1.29, 1.82) is 0 Å². The van der Waals surface area contributed by atoms with E-state index in [1.54, 1.807) is 0 Å². The summed E-state index contributed by atoms with van der Waals surface area (Å²) in [7, 11) is 0. The fourth-order valence-electron chi connectivity index (χ4n) is 1.30. The van der Waals surface area contributed by atoms with E-state index >= 15 is 0 Å².